The van der Waals surface area contributed by atoms with Crippen LogP contribution in [0.3, 0.4) is 0 Å². The van der Waals surface area contributed by atoms with E-state index in [-0.39, 0.29) is 11.1 Å². The minimum atomic E-state index is -0.270. The van der Waals surface area contributed by atoms with Crippen molar-refractivity contribution in [2.45, 2.75) is 6.42 Å². The molecule has 0 saturated carbocycles. The van der Waals surface area contributed by atoms with Crippen LogP contribution in [-0.2, 0) is 6.42 Å². The zero-order valence-corrected chi connectivity index (χ0v) is 11.5. The SMILES string of the molecule is O=C(NCCc1ncn[nH]1)c1cc(Br)cnc1Cl. The molecule has 2 rings (SSSR count). The zero-order chi connectivity index (χ0) is 13.0. The van der Waals surface area contributed by atoms with Crippen molar-refractivity contribution in [1.29, 1.82) is 0 Å². The summed E-state index contributed by atoms with van der Waals surface area (Å²) >= 11 is 9.09. The fourth-order valence-corrected chi connectivity index (χ4v) is 1.84. The second-order valence-corrected chi connectivity index (χ2v) is 4.70. The van der Waals surface area contributed by atoms with Crippen molar-refractivity contribution in [3.8, 4) is 0 Å². The van der Waals surface area contributed by atoms with Gasteiger partial charge in [-0.25, -0.2) is 9.97 Å². The molecule has 0 aliphatic carbocycles. The van der Waals surface area contributed by atoms with Crippen molar-refractivity contribution < 1.29 is 4.79 Å². The lowest BCUT2D eigenvalue weighted by molar-refractivity contribution is 0.0953. The van der Waals surface area contributed by atoms with Gasteiger partial charge >= 0.3 is 0 Å². The molecule has 0 saturated heterocycles. The van der Waals surface area contributed by atoms with Gasteiger partial charge in [-0.15, -0.1) is 0 Å². The third kappa shape index (κ3) is 3.27. The molecule has 94 valence electrons. The Morgan fingerprint density at radius 3 is 3.06 bits per heavy atom. The number of carbonyl (C=O) groups excluding carboxylic acids is 1. The second kappa shape index (κ2) is 5.92. The molecule has 0 aliphatic rings. The van der Waals surface area contributed by atoms with Crippen LogP contribution in [0.25, 0.3) is 0 Å². The molecule has 6 nitrogen and oxygen atoms in total. The van der Waals surface area contributed by atoms with Gasteiger partial charge in [0.25, 0.3) is 5.91 Å². The van der Waals surface area contributed by atoms with Crippen LogP contribution in [0.15, 0.2) is 23.1 Å². The summed E-state index contributed by atoms with van der Waals surface area (Å²) in [6.45, 7) is 0.441. The summed E-state index contributed by atoms with van der Waals surface area (Å²) in [5, 5.41) is 9.34. The van der Waals surface area contributed by atoms with Gasteiger partial charge in [-0.2, -0.15) is 5.10 Å². The Morgan fingerprint density at radius 2 is 2.33 bits per heavy atom. The molecule has 0 unspecified atom stereocenters. The number of nitrogens with one attached hydrogen (secondary N) is 2. The van der Waals surface area contributed by atoms with Crippen LogP contribution in [0.4, 0.5) is 0 Å². The van der Waals surface area contributed by atoms with Crippen LogP contribution in [-0.4, -0.2) is 32.6 Å². The van der Waals surface area contributed by atoms with Gasteiger partial charge in [-0.05, 0) is 22.0 Å². The average Bonchev–Trinajstić information content (AvgIpc) is 2.85. The molecule has 0 atom stereocenters. The van der Waals surface area contributed by atoms with Crippen molar-refractivity contribution in [3.05, 3.63) is 39.6 Å². The van der Waals surface area contributed by atoms with Crippen LogP contribution in [0, 0.1) is 0 Å². The van der Waals surface area contributed by atoms with Gasteiger partial charge in [0.15, 0.2) is 0 Å². The number of rotatable bonds is 4. The molecule has 0 radical (unpaired) electrons. The minimum Gasteiger partial charge on any atom is -0.351 e. The first-order valence-corrected chi connectivity index (χ1v) is 6.27. The van der Waals surface area contributed by atoms with Crippen molar-refractivity contribution in [2.24, 2.45) is 0 Å². The second-order valence-electron chi connectivity index (χ2n) is 3.43. The van der Waals surface area contributed by atoms with Crippen molar-refractivity contribution in [2.75, 3.05) is 6.54 Å². The predicted molar refractivity (Wildman–Crippen MR) is 69.4 cm³/mol. The standard InChI is InChI=1S/C10H9BrClN5O/c11-6-3-7(9(12)14-4-6)10(18)13-2-1-8-15-5-16-17-8/h3-5H,1-2H2,(H,13,18)(H,15,16,17). The number of hydrogen-bond acceptors (Lipinski definition) is 4. The van der Waals surface area contributed by atoms with Gasteiger partial charge in [-0.1, -0.05) is 11.6 Å². The third-order valence-electron chi connectivity index (χ3n) is 2.16. The Morgan fingerprint density at radius 1 is 1.50 bits per heavy atom. The van der Waals surface area contributed by atoms with E-state index < -0.39 is 0 Å². The number of aromatic nitrogens is 4. The summed E-state index contributed by atoms with van der Waals surface area (Å²) < 4.78 is 0.701. The average molecular weight is 331 g/mol. The first-order valence-electron chi connectivity index (χ1n) is 5.10. The van der Waals surface area contributed by atoms with Crippen LogP contribution >= 0.6 is 27.5 Å². The number of halogens is 2. The van der Waals surface area contributed by atoms with Gasteiger partial charge in [0.05, 0.1) is 5.56 Å². The Balaban J connectivity index is 1.93. The zero-order valence-electron chi connectivity index (χ0n) is 9.15. The molecular formula is C10H9BrClN5O. The maximum atomic E-state index is 11.8. The molecule has 0 aromatic carbocycles. The van der Waals surface area contributed by atoms with Crippen LogP contribution in [0.5, 0.6) is 0 Å². The number of carbonyl (C=O) groups is 1. The van der Waals surface area contributed by atoms with E-state index in [9.17, 15) is 4.79 Å². The van der Waals surface area contributed by atoms with E-state index in [0.717, 1.165) is 0 Å². The fraction of sp³-hybridized carbons (Fsp3) is 0.200. The number of aromatic amines is 1. The topological polar surface area (TPSA) is 83.6 Å². The molecule has 2 aromatic rings. The molecule has 2 aromatic heterocycles. The third-order valence-corrected chi connectivity index (χ3v) is 2.90. The van der Waals surface area contributed by atoms with Crippen molar-refractivity contribution in [1.82, 2.24) is 25.5 Å². The number of nitrogens with zero attached hydrogens (tertiary/aromatic N) is 3. The molecule has 2 N–H and O–H groups in total. The molecule has 2 heterocycles. The van der Waals surface area contributed by atoms with Crippen molar-refractivity contribution in [3.63, 3.8) is 0 Å². The smallest absolute Gasteiger partial charge is 0.254 e. The minimum absolute atomic E-state index is 0.176. The molecule has 8 heteroatoms. The van der Waals surface area contributed by atoms with Gasteiger partial charge in [-0.3, -0.25) is 9.89 Å². The van der Waals surface area contributed by atoms with Gasteiger partial charge in [0, 0.05) is 23.6 Å². The van der Waals surface area contributed by atoms with E-state index in [1.54, 1.807) is 6.07 Å². The molecule has 0 spiro atoms. The highest BCUT2D eigenvalue weighted by Gasteiger charge is 2.11. The largest absolute Gasteiger partial charge is 0.351 e. The van der Waals surface area contributed by atoms with Crippen LogP contribution < -0.4 is 5.32 Å². The molecule has 1 amide bonds. The molecule has 0 bridgehead atoms. The molecule has 0 fully saturated rings. The summed E-state index contributed by atoms with van der Waals surface area (Å²) in [5.41, 5.74) is 0.337. The van der Waals surface area contributed by atoms with Crippen LogP contribution in [0.1, 0.15) is 16.2 Å². The van der Waals surface area contributed by atoms with Crippen LogP contribution in [0.2, 0.25) is 5.15 Å². The molecule has 18 heavy (non-hydrogen) atoms. The molecule has 0 aliphatic heterocycles. The lowest BCUT2D eigenvalue weighted by atomic mass is 10.2. The lowest BCUT2D eigenvalue weighted by Crippen LogP contribution is -2.26. The van der Waals surface area contributed by atoms with Gasteiger partial charge in [0.2, 0.25) is 0 Å². The normalized spacial score (nSPS) is 10.3. The summed E-state index contributed by atoms with van der Waals surface area (Å²) in [5.74, 6) is 0.446. The highest BCUT2D eigenvalue weighted by Crippen LogP contribution is 2.17. The number of amides is 1. The molecular weight excluding hydrogens is 322 g/mol. The summed E-state index contributed by atoms with van der Waals surface area (Å²) in [4.78, 5) is 19.7. The number of hydrogen-bond donors (Lipinski definition) is 2. The quantitative estimate of drug-likeness (QED) is 0.834. The highest BCUT2D eigenvalue weighted by atomic mass is 79.9. The Kier molecular flexibility index (Phi) is 4.27. The maximum Gasteiger partial charge on any atom is 0.254 e. The van der Waals surface area contributed by atoms with E-state index in [0.29, 0.717) is 28.8 Å². The summed E-state index contributed by atoms with van der Waals surface area (Å²) in [7, 11) is 0. The van der Waals surface area contributed by atoms with E-state index in [1.807, 2.05) is 0 Å². The highest BCUT2D eigenvalue weighted by molar-refractivity contribution is 9.10. The Bertz CT molecular complexity index is 545. The van der Waals surface area contributed by atoms with Gasteiger partial charge in [0.1, 0.15) is 17.3 Å². The Hall–Kier alpha value is -1.47. The maximum absolute atomic E-state index is 11.8. The Labute approximate surface area is 116 Å². The first-order chi connectivity index (χ1) is 8.66. The van der Waals surface area contributed by atoms with Gasteiger partial charge < -0.3 is 5.32 Å². The van der Waals surface area contributed by atoms with E-state index in [4.69, 9.17) is 11.6 Å². The number of pyridine rings is 1. The van der Waals surface area contributed by atoms with E-state index in [1.165, 1.54) is 12.5 Å². The summed E-state index contributed by atoms with van der Waals surface area (Å²) in [6.07, 6.45) is 3.53. The fourth-order valence-electron chi connectivity index (χ4n) is 1.32. The number of H-pyrrole nitrogens is 1. The van der Waals surface area contributed by atoms with Crippen molar-refractivity contribution >= 4 is 33.4 Å². The monoisotopic (exact) mass is 329 g/mol. The predicted octanol–water partition coefficient (Wildman–Crippen LogP) is 1.59. The lowest BCUT2D eigenvalue weighted by Gasteiger charge is -2.05. The van der Waals surface area contributed by atoms with E-state index >= 15 is 0 Å². The first kappa shape index (κ1) is 13.0. The van der Waals surface area contributed by atoms with E-state index in [2.05, 4.69) is 41.4 Å². The summed E-state index contributed by atoms with van der Waals surface area (Å²) in [6, 6.07) is 1.62.